The summed E-state index contributed by atoms with van der Waals surface area (Å²) >= 11 is 0. The van der Waals surface area contributed by atoms with Crippen molar-refractivity contribution in [3.8, 4) is 0 Å². The summed E-state index contributed by atoms with van der Waals surface area (Å²) in [5, 5.41) is 6.76. The number of hydrogen-bond donors (Lipinski definition) is 1. The molecule has 5 rings (SSSR count). The first-order valence-corrected chi connectivity index (χ1v) is 10.5. The van der Waals surface area contributed by atoms with Crippen molar-refractivity contribution in [2.45, 2.75) is 0 Å². The van der Waals surface area contributed by atoms with E-state index in [9.17, 15) is 0 Å². The highest BCUT2D eigenvalue weighted by Crippen LogP contribution is 2.19. The Balaban J connectivity index is 1.37. The maximum Gasteiger partial charge on any atom is 0.250 e. The molecule has 31 heavy (non-hydrogen) atoms. The van der Waals surface area contributed by atoms with E-state index in [0.29, 0.717) is 44.3 Å². The Kier molecular flexibility index (Phi) is 5.85. The summed E-state index contributed by atoms with van der Waals surface area (Å²) in [6.07, 6.45) is 1.78. The van der Waals surface area contributed by atoms with Gasteiger partial charge in [0, 0.05) is 26.2 Å². The molecular formula is C22H25N7O2. The largest absolute Gasteiger partial charge is 0.378 e. The molecule has 2 aliphatic heterocycles. The molecule has 0 atom stereocenters. The minimum Gasteiger partial charge on any atom is -0.378 e. The molecule has 0 aliphatic carbocycles. The molecule has 9 heteroatoms. The molecule has 160 valence electrons. The van der Waals surface area contributed by atoms with Gasteiger partial charge in [-0.1, -0.05) is 36.4 Å². The van der Waals surface area contributed by atoms with E-state index in [1.165, 1.54) is 10.8 Å². The van der Waals surface area contributed by atoms with E-state index >= 15 is 0 Å². The molecule has 2 aromatic carbocycles. The second kappa shape index (κ2) is 9.23. The number of anilines is 3. The minimum atomic E-state index is 0.426. The van der Waals surface area contributed by atoms with Crippen LogP contribution in [0.25, 0.3) is 10.8 Å². The van der Waals surface area contributed by atoms with Crippen molar-refractivity contribution in [2.24, 2.45) is 5.10 Å². The topological polar surface area (TPSA) is 88.0 Å². The van der Waals surface area contributed by atoms with Crippen molar-refractivity contribution in [1.82, 2.24) is 15.0 Å². The molecule has 2 aliphatic rings. The maximum atomic E-state index is 5.46. The van der Waals surface area contributed by atoms with Crippen molar-refractivity contribution in [1.29, 1.82) is 0 Å². The summed E-state index contributed by atoms with van der Waals surface area (Å²) in [6.45, 7) is 5.70. The van der Waals surface area contributed by atoms with E-state index in [-0.39, 0.29) is 0 Å². The van der Waals surface area contributed by atoms with Crippen molar-refractivity contribution in [3.05, 3.63) is 48.0 Å². The van der Waals surface area contributed by atoms with Crippen LogP contribution in [0.3, 0.4) is 0 Å². The zero-order valence-corrected chi connectivity index (χ0v) is 17.3. The number of aromatic nitrogens is 3. The molecule has 0 spiro atoms. The average Bonchev–Trinajstić information content (AvgIpc) is 2.85. The highest BCUT2D eigenvalue weighted by molar-refractivity contribution is 5.90. The zero-order chi connectivity index (χ0) is 20.9. The number of benzene rings is 2. The summed E-state index contributed by atoms with van der Waals surface area (Å²) < 4.78 is 10.9. The van der Waals surface area contributed by atoms with Gasteiger partial charge in [-0.05, 0) is 22.4 Å². The Labute approximate surface area is 180 Å². The Morgan fingerprint density at radius 3 is 2.03 bits per heavy atom. The molecule has 2 saturated heterocycles. The van der Waals surface area contributed by atoms with Crippen LogP contribution < -0.4 is 15.2 Å². The van der Waals surface area contributed by atoms with E-state index in [1.807, 2.05) is 18.2 Å². The Bertz CT molecular complexity index is 1030. The predicted octanol–water partition coefficient (Wildman–Crippen LogP) is 2.14. The molecule has 0 radical (unpaired) electrons. The van der Waals surface area contributed by atoms with Crippen molar-refractivity contribution < 1.29 is 9.47 Å². The highest BCUT2D eigenvalue weighted by Gasteiger charge is 2.20. The molecule has 1 N–H and O–H groups in total. The van der Waals surface area contributed by atoms with Crippen LogP contribution in [0.2, 0.25) is 0 Å². The van der Waals surface area contributed by atoms with Crippen LogP contribution >= 0.6 is 0 Å². The number of nitrogens with zero attached hydrogens (tertiary/aromatic N) is 6. The van der Waals surface area contributed by atoms with Crippen LogP contribution in [0, 0.1) is 0 Å². The fourth-order valence-electron chi connectivity index (χ4n) is 3.67. The lowest BCUT2D eigenvalue weighted by molar-refractivity contribution is 0.121. The number of morpholine rings is 2. The summed E-state index contributed by atoms with van der Waals surface area (Å²) in [7, 11) is 0. The third kappa shape index (κ3) is 4.73. The predicted molar refractivity (Wildman–Crippen MR) is 121 cm³/mol. The summed E-state index contributed by atoms with van der Waals surface area (Å²) in [5.41, 5.74) is 3.99. The van der Waals surface area contributed by atoms with E-state index < -0.39 is 0 Å². The highest BCUT2D eigenvalue weighted by atomic mass is 16.5. The first-order chi connectivity index (χ1) is 15.3. The molecule has 9 nitrogen and oxygen atoms in total. The lowest BCUT2D eigenvalue weighted by atomic mass is 10.1. The first-order valence-electron chi connectivity index (χ1n) is 10.5. The molecule has 0 unspecified atom stereocenters. The quantitative estimate of drug-likeness (QED) is 0.497. The van der Waals surface area contributed by atoms with Gasteiger partial charge in [-0.25, -0.2) is 5.43 Å². The van der Waals surface area contributed by atoms with Gasteiger partial charge >= 0.3 is 0 Å². The van der Waals surface area contributed by atoms with Gasteiger partial charge in [-0.2, -0.15) is 20.1 Å². The van der Waals surface area contributed by atoms with E-state index in [2.05, 4.69) is 54.6 Å². The lowest BCUT2D eigenvalue weighted by Gasteiger charge is -2.30. The van der Waals surface area contributed by atoms with Crippen LogP contribution in [-0.4, -0.2) is 73.8 Å². The van der Waals surface area contributed by atoms with Crippen LogP contribution in [0.5, 0.6) is 0 Å². The fraction of sp³-hybridized carbons (Fsp3) is 0.364. The van der Waals surface area contributed by atoms with Gasteiger partial charge in [0.1, 0.15) is 0 Å². The van der Waals surface area contributed by atoms with Crippen molar-refractivity contribution in [2.75, 3.05) is 67.8 Å². The number of rotatable bonds is 5. The molecule has 3 aromatic rings. The molecule has 1 aromatic heterocycles. The Hall–Kier alpha value is -3.30. The van der Waals surface area contributed by atoms with Crippen LogP contribution in [0.4, 0.5) is 17.8 Å². The van der Waals surface area contributed by atoms with Gasteiger partial charge in [-0.15, -0.1) is 0 Å². The average molecular weight is 419 g/mol. The third-order valence-electron chi connectivity index (χ3n) is 5.35. The number of hydrazone groups is 1. The molecule has 0 bridgehead atoms. The standard InChI is InChI=1S/C22H25N7O2/c1-2-4-19-15-17(5-6-18(19)3-1)16-23-27-20-24-21(28-7-11-30-12-8-28)26-22(25-20)29-9-13-31-14-10-29/h1-6,15-16H,7-14H2,(H,24,25,26,27). The number of ether oxygens (including phenoxy) is 2. The summed E-state index contributed by atoms with van der Waals surface area (Å²) in [6, 6.07) is 14.5. The van der Waals surface area contributed by atoms with Gasteiger partial charge < -0.3 is 19.3 Å². The second-order valence-corrected chi connectivity index (χ2v) is 7.43. The molecule has 3 heterocycles. The summed E-state index contributed by atoms with van der Waals surface area (Å²) in [4.78, 5) is 18.1. The molecule has 0 saturated carbocycles. The number of nitrogens with one attached hydrogen (secondary N) is 1. The normalized spacial score (nSPS) is 17.4. The van der Waals surface area contributed by atoms with E-state index in [1.54, 1.807) is 6.21 Å². The molecular weight excluding hydrogens is 394 g/mol. The van der Waals surface area contributed by atoms with Crippen LogP contribution in [-0.2, 0) is 9.47 Å². The van der Waals surface area contributed by atoms with Gasteiger partial charge in [-0.3, -0.25) is 0 Å². The van der Waals surface area contributed by atoms with Crippen LogP contribution in [0.1, 0.15) is 5.56 Å². The third-order valence-corrected chi connectivity index (χ3v) is 5.35. The van der Waals surface area contributed by atoms with Gasteiger partial charge in [0.2, 0.25) is 17.8 Å². The van der Waals surface area contributed by atoms with Gasteiger partial charge in [0.05, 0.1) is 32.6 Å². The second-order valence-electron chi connectivity index (χ2n) is 7.43. The van der Waals surface area contributed by atoms with Crippen molar-refractivity contribution in [3.63, 3.8) is 0 Å². The number of hydrogen-bond acceptors (Lipinski definition) is 9. The smallest absolute Gasteiger partial charge is 0.250 e. The van der Waals surface area contributed by atoms with Gasteiger partial charge in [0.15, 0.2) is 0 Å². The summed E-state index contributed by atoms with van der Waals surface area (Å²) in [5.74, 6) is 1.71. The van der Waals surface area contributed by atoms with Crippen LogP contribution in [0.15, 0.2) is 47.6 Å². The number of fused-ring (bicyclic) bond motifs is 1. The van der Waals surface area contributed by atoms with E-state index in [0.717, 1.165) is 31.7 Å². The zero-order valence-electron chi connectivity index (χ0n) is 17.3. The van der Waals surface area contributed by atoms with Gasteiger partial charge in [0.25, 0.3) is 0 Å². The minimum absolute atomic E-state index is 0.426. The molecule has 0 amide bonds. The SMILES string of the molecule is C(=NNc1nc(N2CCOCC2)nc(N2CCOCC2)n1)c1ccc2ccccc2c1. The monoisotopic (exact) mass is 419 g/mol. The maximum absolute atomic E-state index is 5.46. The first kappa shape index (κ1) is 19.7. The Morgan fingerprint density at radius 2 is 1.39 bits per heavy atom. The van der Waals surface area contributed by atoms with E-state index in [4.69, 9.17) is 14.5 Å². The lowest BCUT2D eigenvalue weighted by Crippen LogP contribution is -2.40. The molecule has 2 fully saturated rings. The fourth-order valence-corrected chi connectivity index (χ4v) is 3.67. The Morgan fingerprint density at radius 1 is 0.774 bits per heavy atom. The van der Waals surface area contributed by atoms with Crippen molar-refractivity contribution >= 4 is 34.8 Å².